The number of hydrogen-bond acceptors (Lipinski definition) is 3. The summed E-state index contributed by atoms with van der Waals surface area (Å²) in [6, 6.07) is 1.68. The number of pyridine rings is 1. The fourth-order valence-electron chi connectivity index (χ4n) is 0.691. The lowest BCUT2D eigenvalue weighted by atomic mass is 10.3. The van der Waals surface area contributed by atoms with Gasteiger partial charge in [0.25, 0.3) is 0 Å². The first-order valence-corrected chi connectivity index (χ1v) is 3.93. The molecule has 1 aromatic rings. The quantitative estimate of drug-likeness (QED) is 0.700. The first kappa shape index (κ1) is 10.8. The summed E-state index contributed by atoms with van der Waals surface area (Å²) in [5, 5.41) is 9.05. The van der Waals surface area contributed by atoms with Gasteiger partial charge in [0.15, 0.2) is 11.5 Å². The lowest BCUT2D eigenvalue weighted by Crippen LogP contribution is -1.86. The summed E-state index contributed by atoms with van der Waals surface area (Å²) in [5.74, 6) is 0.542. The van der Waals surface area contributed by atoms with Gasteiger partial charge in [-0.1, -0.05) is 13.8 Å². The van der Waals surface area contributed by atoms with Crippen LogP contribution >= 0.6 is 0 Å². The molecule has 3 nitrogen and oxygen atoms in total. The third-order valence-electron chi connectivity index (χ3n) is 1.20. The SMILES string of the molecule is CC.COc1cc(C)ncc1O. The summed E-state index contributed by atoms with van der Waals surface area (Å²) in [6.45, 7) is 5.84. The molecule has 1 aromatic heterocycles. The van der Waals surface area contributed by atoms with Crippen molar-refractivity contribution in [1.82, 2.24) is 4.98 Å². The summed E-state index contributed by atoms with van der Waals surface area (Å²) in [6.07, 6.45) is 1.37. The fourth-order valence-corrected chi connectivity index (χ4v) is 0.691. The van der Waals surface area contributed by atoms with Crippen molar-refractivity contribution in [2.75, 3.05) is 7.11 Å². The van der Waals surface area contributed by atoms with E-state index in [1.807, 2.05) is 20.8 Å². The van der Waals surface area contributed by atoms with Crippen LogP contribution < -0.4 is 4.74 Å². The lowest BCUT2D eigenvalue weighted by Gasteiger charge is -2.01. The van der Waals surface area contributed by atoms with E-state index >= 15 is 0 Å². The molecule has 3 heteroatoms. The maximum atomic E-state index is 9.05. The summed E-state index contributed by atoms with van der Waals surface area (Å²) in [4.78, 5) is 3.86. The molecule has 68 valence electrons. The van der Waals surface area contributed by atoms with E-state index in [9.17, 15) is 0 Å². The molecule has 0 fully saturated rings. The van der Waals surface area contributed by atoms with Gasteiger partial charge >= 0.3 is 0 Å². The first-order chi connectivity index (χ1) is 5.74. The van der Waals surface area contributed by atoms with Crippen molar-refractivity contribution >= 4 is 0 Å². The molecular weight excluding hydrogens is 154 g/mol. The van der Waals surface area contributed by atoms with E-state index in [1.54, 1.807) is 6.07 Å². The van der Waals surface area contributed by atoms with Gasteiger partial charge < -0.3 is 9.84 Å². The smallest absolute Gasteiger partial charge is 0.176 e. The molecule has 0 aliphatic heterocycles. The number of methoxy groups -OCH3 is 1. The zero-order valence-electron chi connectivity index (χ0n) is 7.96. The van der Waals surface area contributed by atoms with Crippen LogP contribution in [0.15, 0.2) is 12.3 Å². The van der Waals surface area contributed by atoms with Gasteiger partial charge in [-0.2, -0.15) is 0 Å². The molecule has 1 N–H and O–H groups in total. The Morgan fingerprint density at radius 1 is 1.42 bits per heavy atom. The molecule has 0 radical (unpaired) electrons. The lowest BCUT2D eigenvalue weighted by molar-refractivity contribution is 0.371. The van der Waals surface area contributed by atoms with Crippen LogP contribution in [0.5, 0.6) is 11.5 Å². The number of aromatic nitrogens is 1. The molecule has 1 heterocycles. The molecular formula is C9H15NO2. The molecule has 0 aromatic carbocycles. The minimum atomic E-state index is 0.0769. The molecule has 0 saturated heterocycles. The summed E-state index contributed by atoms with van der Waals surface area (Å²) < 4.78 is 4.84. The zero-order chi connectivity index (χ0) is 9.56. The predicted molar refractivity (Wildman–Crippen MR) is 48.5 cm³/mol. The summed E-state index contributed by atoms with van der Waals surface area (Å²) in [5.41, 5.74) is 0.828. The molecule has 0 atom stereocenters. The van der Waals surface area contributed by atoms with E-state index in [-0.39, 0.29) is 5.75 Å². The Morgan fingerprint density at radius 2 is 2.00 bits per heavy atom. The van der Waals surface area contributed by atoms with Crippen molar-refractivity contribution in [1.29, 1.82) is 0 Å². The van der Waals surface area contributed by atoms with Crippen LogP contribution in [0.3, 0.4) is 0 Å². The van der Waals surface area contributed by atoms with Crippen molar-refractivity contribution < 1.29 is 9.84 Å². The van der Waals surface area contributed by atoms with Gasteiger partial charge in [-0.3, -0.25) is 4.98 Å². The van der Waals surface area contributed by atoms with Gasteiger partial charge in [0.1, 0.15) is 0 Å². The molecule has 0 spiro atoms. The number of hydrogen-bond donors (Lipinski definition) is 1. The Kier molecular flexibility index (Phi) is 4.84. The summed E-state index contributed by atoms with van der Waals surface area (Å²) >= 11 is 0. The summed E-state index contributed by atoms with van der Waals surface area (Å²) in [7, 11) is 1.51. The van der Waals surface area contributed by atoms with Crippen LogP contribution in [0, 0.1) is 6.92 Å². The molecule has 0 bridgehead atoms. The number of aryl methyl sites for hydroxylation is 1. The van der Waals surface area contributed by atoms with Gasteiger partial charge in [0.05, 0.1) is 13.3 Å². The fraction of sp³-hybridized carbons (Fsp3) is 0.444. The first-order valence-electron chi connectivity index (χ1n) is 3.93. The topological polar surface area (TPSA) is 42.4 Å². The van der Waals surface area contributed by atoms with Gasteiger partial charge in [0.2, 0.25) is 0 Å². The van der Waals surface area contributed by atoms with Gasteiger partial charge in [-0.05, 0) is 6.92 Å². The largest absolute Gasteiger partial charge is 0.503 e. The molecule has 12 heavy (non-hydrogen) atoms. The van der Waals surface area contributed by atoms with Crippen LogP contribution in [0.25, 0.3) is 0 Å². The Labute approximate surface area is 73.0 Å². The average molecular weight is 169 g/mol. The molecule has 0 aliphatic carbocycles. The number of nitrogens with zero attached hydrogens (tertiary/aromatic N) is 1. The van der Waals surface area contributed by atoms with Gasteiger partial charge in [-0.15, -0.1) is 0 Å². The minimum Gasteiger partial charge on any atom is -0.503 e. The Morgan fingerprint density at radius 3 is 2.42 bits per heavy atom. The standard InChI is InChI=1S/C7H9NO2.C2H6/c1-5-3-7(10-2)6(9)4-8-5;1-2/h3-4,9H,1-2H3;1-2H3. The second kappa shape index (κ2) is 5.41. The predicted octanol–water partition coefficient (Wildman–Crippen LogP) is 2.13. The maximum absolute atomic E-state index is 9.05. The molecule has 1 rings (SSSR count). The maximum Gasteiger partial charge on any atom is 0.176 e. The van der Waals surface area contributed by atoms with Gasteiger partial charge in [0, 0.05) is 11.8 Å². The number of ether oxygens (including phenoxy) is 1. The van der Waals surface area contributed by atoms with E-state index in [4.69, 9.17) is 9.84 Å². The normalized spacial score (nSPS) is 8.33. The zero-order valence-corrected chi connectivity index (χ0v) is 7.96. The van der Waals surface area contributed by atoms with Crippen molar-refractivity contribution in [2.24, 2.45) is 0 Å². The third kappa shape index (κ3) is 2.78. The third-order valence-corrected chi connectivity index (χ3v) is 1.20. The van der Waals surface area contributed by atoms with E-state index in [2.05, 4.69) is 4.98 Å². The highest BCUT2D eigenvalue weighted by molar-refractivity contribution is 5.36. The van der Waals surface area contributed by atoms with Crippen LogP contribution in [-0.4, -0.2) is 17.2 Å². The monoisotopic (exact) mass is 169 g/mol. The molecule has 0 unspecified atom stereocenters. The van der Waals surface area contributed by atoms with Crippen molar-refractivity contribution in [3.63, 3.8) is 0 Å². The minimum absolute atomic E-state index is 0.0769. The van der Waals surface area contributed by atoms with E-state index < -0.39 is 0 Å². The molecule has 0 amide bonds. The average Bonchev–Trinajstić information content (AvgIpc) is 2.13. The number of aromatic hydroxyl groups is 1. The van der Waals surface area contributed by atoms with E-state index in [0.717, 1.165) is 5.69 Å². The van der Waals surface area contributed by atoms with E-state index in [1.165, 1.54) is 13.3 Å². The van der Waals surface area contributed by atoms with Crippen molar-refractivity contribution in [3.05, 3.63) is 18.0 Å². The highest BCUT2D eigenvalue weighted by atomic mass is 16.5. The Hall–Kier alpha value is -1.25. The van der Waals surface area contributed by atoms with Gasteiger partial charge in [-0.25, -0.2) is 0 Å². The second-order valence-corrected chi connectivity index (χ2v) is 2.00. The van der Waals surface area contributed by atoms with E-state index in [0.29, 0.717) is 5.75 Å². The second-order valence-electron chi connectivity index (χ2n) is 2.00. The highest BCUT2D eigenvalue weighted by Gasteiger charge is 1.99. The molecule has 0 aliphatic rings. The highest BCUT2D eigenvalue weighted by Crippen LogP contribution is 2.23. The van der Waals surface area contributed by atoms with Crippen molar-refractivity contribution in [3.8, 4) is 11.5 Å². The Balaban J connectivity index is 0.000000561. The van der Waals surface area contributed by atoms with Crippen LogP contribution in [0.2, 0.25) is 0 Å². The number of rotatable bonds is 1. The van der Waals surface area contributed by atoms with Crippen LogP contribution in [-0.2, 0) is 0 Å². The van der Waals surface area contributed by atoms with Crippen LogP contribution in [0.1, 0.15) is 19.5 Å². The van der Waals surface area contributed by atoms with Crippen molar-refractivity contribution in [2.45, 2.75) is 20.8 Å². The molecule has 0 saturated carbocycles. The van der Waals surface area contributed by atoms with Crippen LogP contribution in [0.4, 0.5) is 0 Å². The Bertz CT molecular complexity index is 236.